The maximum absolute atomic E-state index is 10.3. The van der Waals surface area contributed by atoms with Gasteiger partial charge in [-0.3, -0.25) is 0 Å². The van der Waals surface area contributed by atoms with Gasteiger partial charge in [0, 0.05) is 6.61 Å². The molecule has 0 aromatic heterocycles. The van der Waals surface area contributed by atoms with E-state index in [-0.39, 0.29) is 11.5 Å². The molecule has 0 radical (unpaired) electrons. The average Bonchev–Trinajstić information content (AvgIpc) is 2.88. The van der Waals surface area contributed by atoms with E-state index in [1.54, 1.807) is 0 Å². The molecule has 0 aliphatic heterocycles. The van der Waals surface area contributed by atoms with Crippen LogP contribution >= 0.6 is 0 Å². The Morgan fingerprint density at radius 2 is 1.81 bits per heavy atom. The van der Waals surface area contributed by atoms with Crippen LogP contribution in [-0.2, 0) is 0 Å². The predicted octanol–water partition coefficient (Wildman–Crippen LogP) is 3.75. The number of hydrogen-bond donors (Lipinski definition) is 2. The molecular formula is C19H32O2. The van der Waals surface area contributed by atoms with Crippen LogP contribution in [0.15, 0.2) is 0 Å². The van der Waals surface area contributed by atoms with Gasteiger partial charge in [0.2, 0.25) is 0 Å². The normalized spacial score (nSPS) is 56.4. The first-order chi connectivity index (χ1) is 10.1. The van der Waals surface area contributed by atoms with Crippen molar-refractivity contribution < 1.29 is 10.2 Å². The molecule has 0 saturated heterocycles. The summed E-state index contributed by atoms with van der Waals surface area (Å²) in [6.07, 6.45) is 12.5. The van der Waals surface area contributed by atoms with E-state index in [4.69, 9.17) is 0 Å². The van der Waals surface area contributed by atoms with Crippen LogP contribution in [-0.4, -0.2) is 22.9 Å². The Balaban J connectivity index is 1.65. The second-order valence-corrected chi connectivity index (χ2v) is 9.06. The molecule has 2 unspecified atom stereocenters. The van der Waals surface area contributed by atoms with Gasteiger partial charge < -0.3 is 10.2 Å². The molecule has 4 rings (SSSR count). The van der Waals surface area contributed by atoms with Gasteiger partial charge in [-0.25, -0.2) is 0 Å². The highest BCUT2D eigenvalue weighted by Gasteiger charge is 2.59. The summed E-state index contributed by atoms with van der Waals surface area (Å²) in [5.41, 5.74) is 0.769. The Bertz CT molecular complexity index is 408. The van der Waals surface area contributed by atoms with Crippen molar-refractivity contribution in [2.75, 3.05) is 6.61 Å². The van der Waals surface area contributed by atoms with Gasteiger partial charge in [-0.1, -0.05) is 13.3 Å². The minimum Gasteiger partial charge on any atom is -0.396 e. The maximum Gasteiger partial charge on any atom is 0.0543 e. The second-order valence-electron chi connectivity index (χ2n) is 9.06. The van der Waals surface area contributed by atoms with Gasteiger partial charge in [0.05, 0.1) is 6.10 Å². The summed E-state index contributed by atoms with van der Waals surface area (Å²) in [6, 6.07) is 0. The van der Waals surface area contributed by atoms with Crippen LogP contribution < -0.4 is 0 Å². The number of rotatable bonds is 1. The second kappa shape index (κ2) is 4.96. The summed E-state index contributed by atoms with van der Waals surface area (Å²) in [5.74, 6) is 3.11. The Labute approximate surface area is 129 Å². The van der Waals surface area contributed by atoms with Crippen molar-refractivity contribution in [2.45, 2.75) is 77.2 Å². The monoisotopic (exact) mass is 292 g/mol. The van der Waals surface area contributed by atoms with E-state index in [0.29, 0.717) is 17.9 Å². The van der Waals surface area contributed by atoms with Crippen molar-refractivity contribution in [2.24, 2.45) is 34.5 Å². The molecule has 0 bridgehead atoms. The van der Waals surface area contributed by atoms with Crippen LogP contribution in [0.1, 0.15) is 71.1 Å². The first kappa shape index (κ1) is 14.5. The zero-order chi connectivity index (χ0) is 14.7. The number of hydrogen-bond acceptors (Lipinski definition) is 2. The Morgan fingerprint density at radius 3 is 2.62 bits per heavy atom. The molecule has 0 heterocycles. The molecule has 120 valence electrons. The van der Waals surface area contributed by atoms with E-state index >= 15 is 0 Å². The van der Waals surface area contributed by atoms with Crippen molar-refractivity contribution in [3.63, 3.8) is 0 Å². The lowest BCUT2D eigenvalue weighted by Crippen LogP contribution is -2.56. The minimum atomic E-state index is -0.105. The summed E-state index contributed by atoms with van der Waals surface area (Å²) >= 11 is 0. The average molecular weight is 292 g/mol. The van der Waals surface area contributed by atoms with Gasteiger partial charge in [-0.15, -0.1) is 0 Å². The molecule has 4 aliphatic rings. The number of aliphatic hydroxyl groups is 2. The van der Waals surface area contributed by atoms with Gasteiger partial charge in [-0.05, 0) is 92.3 Å². The maximum atomic E-state index is 10.3. The zero-order valence-electron chi connectivity index (χ0n) is 13.6. The summed E-state index contributed by atoms with van der Waals surface area (Å²) < 4.78 is 0. The molecule has 21 heavy (non-hydrogen) atoms. The van der Waals surface area contributed by atoms with Crippen molar-refractivity contribution in [1.82, 2.24) is 0 Å². The van der Waals surface area contributed by atoms with Crippen LogP contribution in [0.3, 0.4) is 0 Å². The third kappa shape index (κ3) is 1.97. The number of aliphatic hydroxyl groups excluding tert-OH is 2. The standard InChI is InChI=1S/C19H32O2/c1-18-8-2-3-16(18)15-5-4-13-11-14(21)6-10-19(13,12-20)17(15)7-9-18/h13-17,20-21H,2-12H2,1H3/t13?,14?,15-,16-,17+,18-,19+/m0/s1. The largest absolute Gasteiger partial charge is 0.396 e. The van der Waals surface area contributed by atoms with Crippen LogP contribution in [0.5, 0.6) is 0 Å². The highest BCUT2D eigenvalue weighted by molar-refractivity contribution is 5.08. The summed E-state index contributed by atoms with van der Waals surface area (Å²) in [5, 5.41) is 20.4. The lowest BCUT2D eigenvalue weighted by atomic mass is 9.45. The minimum absolute atomic E-state index is 0.105. The molecule has 2 heteroatoms. The first-order valence-electron chi connectivity index (χ1n) is 9.38. The summed E-state index contributed by atoms with van der Waals surface area (Å²) in [7, 11) is 0. The van der Waals surface area contributed by atoms with Crippen LogP contribution in [0.2, 0.25) is 0 Å². The fraction of sp³-hybridized carbons (Fsp3) is 1.00. The zero-order valence-corrected chi connectivity index (χ0v) is 13.6. The third-order valence-corrected chi connectivity index (χ3v) is 8.41. The topological polar surface area (TPSA) is 40.5 Å². The van der Waals surface area contributed by atoms with Crippen LogP contribution in [0, 0.1) is 34.5 Å². The van der Waals surface area contributed by atoms with Crippen LogP contribution in [0.4, 0.5) is 0 Å². The molecule has 4 fully saturated rings. The van der Waals surface area contributed by atoms with Crippen molar-refractivity contribution in [3.8, 4) is 0 Å². The van der Waals surface area contributed by atoms with Crippen molar-refractivity contribution in [1.29, 1.82) is 0 Å². The van der Waals surface area contributed by atoms with Gasteiger partial charge >= 0.3 is 0 Å². The molecule has 0 aromatic carbocycles. The fourth-order valence-electron chi connectivity index (χ4n) is 7.33. The molecule has 4 aliphatic carbocycles. The van der Waals surface area contributed by atoms with Crippen LogP contribution in [0.25, 0.3) is 0 Å². The third-order valence-electron chi connectivity index (χ3n) is 8.41. The Hall–Kier alpha value is -0.0800. The summed E-state index contributed by atoms with van der Waals surface area (Å²) in [4.78, 5) is 0. The van der Waals surface area contributed by atoms with Gasteiger partial charge in [0.25, 0.3) is 0 Å². The molecule has 0 aromatic rings. The van der Waals surface area contributed by atoms with E-state index in [2.05, 4.69) is 6.92 Å². The van der Waals surface area contributed by atoms with E-state index in [1.807, 2.05) is 0 Å². The smallest absolute Gasteiger partial charge is 0.0543 e. The molecule has 0 amide bonds. The molecule has 0 spiro atoms. The molecule has 4 saturated carbocycles. The van der Waals surface area contributed by atoms with Gasteiger partial charge in [0.15, 0.2) is 0 Å². The lowest BCUT2D eigenvalue weighted by Gasteiger charge is -2.61. The van der Waals surface area contributed by atoms with E-state index < -0.39 is 0 Å². The fourth-order valence-corrected chi connectivity index (χ4v) is 7.33. The van der Waals surface area contributed by atoms with E-state index in [1.165, 1.54) is 44.9 Å². The first-order valence-corrected chi connectivity index (χ1v) is 9.38. The highest BCUT2D eigenvalue weighted by Crippen LogP contribution is 2.66. The van der Waals surface area contributed by atoms with E-state index in [0.717, 1.165) is 37.0 Å². The van der Waals surface area contributed by atoms with E-state index in [9.17, 15) is 10.2 Å². The molecule has 2 nitrogen and oxygen atoms in total. The quantitative estimate of drug-likeness (QED) is 0.772. The van der Waals surface area contributed by atoms with Crippen molar-refractivity contribution in [3.05, 3.63) is 0 Å². The highest BCUT2D eigenvalue weighted by atomic mass is 16.3. The van der Waals surface area contributed by atoms with Gasteiger partial charge in [0.1, 0.15) is 0 Å². The SMILES string of the molecule is C[C@@]12CCC[C@H]1[C@@H]1CCC3CC(O)CC[C@]3(CO)[C@@H]1CC2. The number of fused-ring (bicyclic) bond motifs is 5. The Morgan fingerprint density at radius 1 is 0.952 bits per heavy atom. The predicted molar refractivity (Wildman–Crippen MR) is 83.8 cm³/mol. The Kier molecular flexibility index (Phi) is 3.43. The van der Waals surface area contributed by atoms with Crippen molar-refractivity contribution >= 4 is 0 Å². The summed E-state index contributed by atoms with van der Waals surface area (Å²) in [6.45, 7) is 2.91. The molecular weight excluding hydrogens is 260 g/mol. The lowest BCUT2D eigenvalue weighted by molar-refractivity contribution is -0.149. The molecule has 2 N–H and O–H groups in total. The van der Waals surface area contributed by atoms with Gasteiger partial charge in [-0.2, -0.15) is 0 Å². The molecule has 7 atom stereocenters.